The largest absolute Gasteiger partial charge is 0.460 e. The van der Waals surface area contributed by atoms with Gasteiger partial charge >= 0.3 is 5.97 Å². The van der Waals surface area contributed by atoms with E-state index in [9.17, 15) is 9.59 Å². The summed E-state index contributed by atoms with van der Waals surface area (Å²) in [5, 5.41) is 0. The van der Waals surface area contributed by atoms with Crippen LogP contribution in [0, 0.1) is 0 Å². The quantitative estimate of drug-likeness (QED) is 0.164. The summed E-state index contributed by atoms with van der Waals surface area (Å²) in [6.45, 7) is 7.46. The number of carbonyl (C=O) groups is 2. The number of rotatable bonds is 19. The third-order valence-corrected chi connectivity index (χ3v) is 5.08. The summed E-state index contributed by atoms with van der Waals surface area (Å²) in [4.78, 5) is 22.5. The Balaban J connectivity index is 3.14. The van der Waals surface area contributed by atoms with Gasteiger partial charge in [0.05, 0.1) is 0 Å². The van der Waals surface area contributed by atoms with Crippen molar-refractivity contribution in [2.75, 3.05) is 0 Å². The molecule has 0 heterocycles. The van der Waals surface area contributed by atoms with Crippen molar-refractivity contribution in [3.8, 4) is 0 Å². The minimum atomic E-state index is -0.353. The van der Waals surface area contributed by atoms with Gasteiger partial charge in [-0.3, -0.25) is 4.79 Å². The number of ether oxygens (including phenoxy) is 1. The van der Waals surface area contributed by atoms with Crippen molar-refractivity contribution < 1.29 is 14.3 Å². The van der Waals surface area contributed by atoms with Gasteiger partial charge in [-0.05, 0) is 40.5 Å². The molecule has 0 aliphatic carbocycles. The van der Waals surface area contributed by atoms with Crippen LogP contribution in [0.2, 0.25) is 0 Å². The van der Waals surface area contributed by atoms with Crippen LogP contribution in [-0.2, 0) is 14.3 Å². The molecule has 0 fully saturated rings. The summed E-state index contributed by atoms with van der Waals surface area (Å²) in [5.74, 6) is 0.277. The van der Waals surface area contributed by atoms with Crippen molar-refractivity contribution >= 4 is 11.8 Å². The van der Waals surface area contributed by atoms with Gasteiger partial charge in [-0.15, -0.1) is 0 Å². The molecule has 3 heteroatoms. The van der Waals surface area contributed by atoms with E-state index in [2.05, 4.69) is 0 Å². The van der Waals surface area contributed by atoms with Gasteiger partial charge in [0, 0.05) is 12.8 Å². The van der Waals surface area contributed by atoms with Crippen LogP contribution in [0.1, 0.15) is 143 Å². The van der Waals surface area contributed by atoms with E-state index in [1.54, 1.807) is 6.92 Å². The molecule has 0 unspecified atom stereocenters. The zero-order valence-electron chi connectivity index (χ0n) is 19.5. The topological polar surface area (TPSA) is 43.4 Å². The highest BCUT2D eigenvalue weighted by Crippen LogP contribution is 2.15. The van der Waals surface area contributed by atoms with Crippen LogP contribution in [0.5, 0.6) is 0 Å². The molecule has 0 aliphatic rings. The molecule has 166 valence electrons. The van der Waals surface area contributed by atoms with Gasteiger partial charge < -0.3 is 9.53 Å². The summed E-state index contributed by atoms with van der Waals surface area (Å²) in [6.07, 6.45) is 21.9. The van der Waals surface area contributed by atoms with Gasteiger partial charge in [0.15, 0.2) is 0 Å². The molecule has 0 spiro atoms. The van der Waals surface area contributed by atoms with E-state index in [0.29, 0.717) is 12.2 Å². The van der Waals surface area contributed by atoms with E-state index >= 15 is 0 Å². The van der Waals surface area contributed by atoms with Crippen molar-refractivity contribution in [3.63, 3.8) is 0 Å². The Morgan fingerprint density at radius 2 is 0.821 bits per heavy atom. The standard InChI is InChI=1S/C25H48O3/c1-23(26)21-19-17-15-13-11-9-7-5-6-8-10-12-14-16-18-20-22-24(27)28-25(2,3)4/h5-22H2,1-4H3. The van der Waals surface area contributed by atoms with Crippen LogP contribution in [-0.4, -0.2) is 17.4 Å². The molecule has 3 nitrogen and oxygen atoms in total. The third-order valence-electron chi connectivity index (χ3n) is 5.08. The third kappa shape index (κ3) is 23.2. The van der Waals surface area contributed by atoms with Gasteiger partial charge in [-0.25, -0.2) is 0 Å². The van der Waals surface area contributed by atoms with E-state index in [0.717, 1.165) is 25.7 Å². The fourth-order valence-electron chi connectivity index (χ4n) is 3.51. The maximum Gasteiger partial charge on any atom is 0.306 e. The first-order valence-corrected chi connectivity index (χ1v) is 12.0. The average Bonchev–Trinajstić information content (AvgIpc) is 2.59. The van der Waals surface area contributed by atoms with E-state index in [1.807, 2.05) is 20.8 Å². The van der Waals surface area contributed by atoms with Crippen molar-refractivity contribution in [2.45, 2.75) is 149 Å². The zero-order valence-corrected chi connectivity index (χ0v) is 19.5. The lowest BCUT2D eigenvalue weighted by atomic mass is 10.0. The normalized spacial score (nSPS) is 11.6. The van der Waals surface area contributed by atoms with Crippen LogP contribution in [0.25, 0.3) is 0 Å². The highest BCUT2D eigenvalue weighted by atomic mass is 16.6. The second kappa shape index (κ2) is 18.2. The lowest BCUT2D eigenvalue weighted by Crippen LogP contribution is -2.23. The van der Waals surface area contributed by atoms with Gasteiger partial charge in [0.1, 0.15) is 11.4 Å². The summed E-state index contributed by atoms with van der Waals surface area (Å²) in [7, 11) is 0. The average molecular weight is 397 g/mol. The molecule has 0 radical (unpaired) electrons. The van der Waals surface area contributed by atoms with Crippen LogP contribution in [0.15, 0.2) is 0 Å². The molecule has 0 N–H and O–H groups in total. The Labute approximate surface area is 175 Å². The molecule has 28 heavy (non-hydrogen) atoms. The highest BCUT2D eigenvalue weighted by Gasteiger charge is 2.15. The van der Waals surface area contributed by atoms with Gasteiger partial charge in [-0.2, -0.15) is 0 Å². The summed E-state index contributed by atoms with van der Waals surface area (Å²) in [6, 6.07) is 0. The summed E-state index contributed by atoms with van der Waals surface area (Å²) < 4.78 is 5.32. The van der Waals surface area contributed by atoms with E-state index in [-0.39, 0.29) is 11.6 Å². The summed E-state index contributed by atoms with van der Waals surface area (Å²) >= 11 is 0. The first kappa shape index (κ1) is 27.1. The van der Waals surface area contributed by atoms with Crippen LogP contribution in [0.3, 0.4) is 0 Å². The second-order valence-electron chi connectivity index (χ2n) is 9.45. The maximum atomic E-state index is 11.6. The minimum absolute atomic E-state index is 0.0551. The molecular weight excluding hydrogens is 348 g/mol. The SMILES string of the molecule is CC(=O)CCCCCCCCCCCCCCCCCCC(=O)OC(C)(C)C. The van der Waals surface area contributed by atoms with Crippen LogP contribution in [0.4, 0.5) is 0 Å². The lowest BCUT2D eigenvalue weighted by molar-refractivity contribution is -0.154. The van der Waals surface area contributed by atoms with E-state index in [4.69, 9.17) is 4.74 Å². The lowest BCUT2D eigenvalue weighted by Gasteiger charge is -2.19. The summed E-state index contributed by atoms with van der Waals surface area (Å²) in [5.41, 5.74) is -0.353. The molecule has 0 aromatic carbocycles. The Bertz CT molecular complexity index is 382. The fraction of sp³-hybridized carbons (Fsp3) is 0.920. The second-order valence-corrected chi connectivity index (χ2v) is 9.45. The van der Waals surface area contributed by atoms with Crippen LogP contribution >= 0.6 is 0 Å². The first-order chi connectivity index (χ1) is 13.3. The molecule has 0 aromatic heterocycles. The number of esters is 1. The number of Topliss-reactive ketones (excluding diaryl/α,β-unsaturated/α-hetero) is 1. The van der Waals surface area contributed by atoms with Crippen LogP contribution < -0.4 is 0 Å². The molecular formula is C25H48O3. The number of ketones is 1. The number of carbonyl (C=O) groups excluding carboxylic acids is 2. The number of hydrogen-bond acceptors (Lipinski definition) is 3. The molecule has 0 bridgehead atoms. The monoisotopic (exact) mass is 396 g/mol. The Hall–Kier alpha value is -0.860. The molecule has 0 rings (SSSR count). The predicted octanol–water partition coefficient (Wildman–Crippen LogP) is 7.94. The zero-order chi connectivity index (χ0) is 21.1. The van der Waals surface area contributed by atoms with Crippen molar-refractivity contribution in [3.05, 3.63) is 0 Å². The highest BCUT2D eigenvalue weighted by molar-refractivity contribution is 5.75. The van der Waals surface area contributed by atoms with Crippen molar-refractivity contribution in [2.24, 2.45) is 0 Å². The molecule has 0 aliphatic heterocycles. The van der Waals surface area contributed by atoms with Gasteiger partial charge in [-0.1, -0.05) is 89.9 Å². The van der Waals surface area contributed by atoms with Gasteiger partial charge in [0.25, 0.3) is 0 Å². The molecule has 0 atom stereocenters. The Kier molecular flexibility index (Phi) is 17.6. The molecule has 0 aromatic rings. The minimum Gasteiger partial charge on any atom is -0.460 e. The van der Waals surface area contributed by atoms with E-state index < -0.39 is 0 Å². The molecule has 0 saturated heterocycles. The Morgan fingerprint density at radius 1 is 0.536 bits per heavy atom. The number of unbranched alkanes of at least 4 members (excludes halogenated alkanes) is 15. The molecule has 0 saturated carbocycles. The smallest absolute Gasteiger partial charge is 0.306 e. The fourth-order valence-corrected chi connectivity index (χ4v) is 3.51. The first-order valence-electron chi connectivity index (χ1n) is 12.0. The van der Waals surface area contributed by atoms with Crippen molar-refractivity contribution in [1.82, 2.24) is 0 Å². The number of hydrogen-bond donors (Lipinski definition) is 0. The predicted molar refractivity (Wildman–Crippen MR) is 120 cm³/mol. The molecule has 0 amide bonds. The van der Waals surface area contributed by atoms with Gasteiger partial charge in [0.2, 0.25) is 0 Å². The van der Waals surface area contributed by atoms with E-state index in [1.165, 1.54) is 83.5 Å². The Morgan fingerprint density at radius 3 is 1.11 bits per heavy atom. The van der Waals surface area contributed by atoms with Crippen molar-refractivity contribution in [1.29, 1.82) is 0 Å². The maximum absolute atomic E-state index is 11.6.